The molecular formula is C18H18F3N3O. The summed E-state index contributed by atoms with van der Waals surface area (Å²) in [4.78, 5) is 4.33. The number of ether oxygens (including phenoxy) is 1. The zero-order chi connectivity index (χ0) is 17.9. The molecule has 1 atom stereocenters. The Kier molecular flexibility index (Phi) is 4.83. The predicted octanol–water partition coefficient (Wildman–Crippen LogP) is 4.22. The maximum absolute atomic E-state index is 12.9. The van der Waals surface area contributed by atoms with Crippen LogP contribution in [0.1, 0.15) is 24.1 Å². The van der Waals surface area contributed by atoms with Crippen molar-refractivity contribution in [1.29, 1.82) is 0 Å². The molecule has 1 unspecified atom stereocenters. The van der Waals surface area contributed by atoms with Crippen molar-refractivity contribution in [2.75, 3.05) is 18.5 Å². The average Bonchev–Trinajstić information content (AvgIpc) is 2.58. The summed E-state index contributed by atoms with van der Waals surface area (Å²) < 4.78 is 44.2. The van der Waals surface area contributed by atoms with E-state index in [9.17, 15) is 13.2 Å². The molecule has 0 spiro atoms. The standard InChI is InChI=1S/C18H18F3N3O/c1-12-15-8-7-13(18(19,20)21)11-16(15)24-17(23-12)22-9-10-25-14-5-3-2-4-6-14/h2-8,11-12H,9-10H2,1H3,(H2,22,23,24). The highest BCUT2D eigenvalue weighted by atomic mass is 19.4. The zero-order valence-corrected chi connectivity index (χ0v) is 13.6. The van der Waals surface area contributed by atoms with Crippen LogP contribution in [0.15, 0.2) is 53.5 Å². The lowest BCUT2D eigenvalue weighted by molar-refractivity contribution is -0.137. The molecule has 4 nitrogen and oxygen atoms in total. The number of hydrogen-bond donors (Lipinski definition) is 2. The monoisotopic (exact) mass is 349 g/mol. The number of guanidine groups is 1. The van der Waals surface area contributed by atoms with E-state index in [4.69, 9.17) is 4.74 Å². The highest BCUT2D eigenvalue weighted by molar-refractivity contribution is 5.97. The number of rotatable bonds is 4. The third-order valence-electron chi connectivity index (χ3n) is 3.83. The molecule has 0 saturated carbocycles. The van der Waals surface area contributed by atoms with E-state index < -0.39 is 11.7 Å². The summed E-state index contributed by atoms with van der Waals surface area (Å²) in [6, 6.07) is 12.9. The Morgan fingerprint density at radius 2 is 1.88 bits per heavy atom. The molecule has 0 radical (unpaired) electrons. The minimum absolute atomic E-state index is 0.132. The van der Waals surface area contributed by atoms with Crippen LogP contribution in [0.3, 0.4) is 0 Å². The molecule has 7 heteroatoms. The number of alkyl halides is 3. The van der Waals surface area contributed by atoms with Gasteiger partial charge in [-0.15, -0.1) is 0 Å². The number of fused-ring (bicyclic) bond motifs is 1. The number of aliphatic imine (C=N–C) groups is 1. The number of hydrogen-bond acceptors (Lipinski definition) is 2. The van der Waals surface area contributed by atoms with Gasteiger partial charge in [0.15, 0.2) is 5.96 Å². The van der Waals surface area contributed by atoms with Crippen molar-refractivity contribution < 1.29 is 17.9 Å². The molecule has 0 bridgehead atoms. The Morgan fingerprint density at radius 1 is 1.12 bits per heavy atom. The fourth-order valence-corrected chi connectivity index (χ4v) is 2.59. The third kappa shape index (κ3) is 4.23. The average molecular weight is 349 g/mol. The van der Waals surface area contributed by atoms with Gasteiger partial charge in [0, 0.05) is 5.69 Å². The van der Waals surface area contributed by atoms with Crippen LogP contribution in [0.5, 0.6) is 5.75 Å². The summed E-state index contributed by atoms with van der Waals surface area (Å²) in [7, 11) is 0. The summed E-state index contributed by atoms with van der Waals surface area (Å²) in [6.45, 7) is 2.63. The van der Waals surface area contributed by atoms with E-state index in [0.29, 0.717) is 24.8 Å². The molecule has 0 fully saturated rings. The number of nitrogens with one attached hydrogen (secondary N) is 2. The first-order chi connectivity index (χ1) is 11.9. The van der Waals surface area contributed by atoms with E-state index in [1.54, 1.807) is 0 Å². The summed E-state index contributed by atoms with van der Waals surface area (Å²) >= 11 is 0. The van der Waals surface area contributed by atoms with Gasteiger partial charge in [0.1, 0.15) is 12.4 Å². The molecule has 2 N–H and O–H groups in total. The van der Waals surface area contributed by atoms with E-state index in [1.807, 2.05) is 37.3 Å². The molecule has 0 saturated heterocycles. The van der Waals surface area contributed by atoms with E-state index in [1.165, 1.54) is 6.07 Å². The molecule has 25 heavy (non-hydrogen) atoms. The second-order valence-corrected chi connectivity index (χ2v) is 5.68. The van der Waals surface area contributed by atoms with Crippen LogP contribution in [0, 0.1) is 0 Å². The fourth-order valence-electron chi connectivity index (χ4n) is 2.59. The number of nitrogens with zero attached hydrogens (tertiary/aromatic N) is 1. The molecular weight excluding hydrogens is 331 g/mol. The first-order valence-corrected chi connectivity index (χ1v) is 7.90. The topological polar surface area (TPSA) is 45.7 Å². The number of anilines is 1. The highest BCUT2D eigenvalue weighted by Crippen LogP contribution is 2.35. The van der Waals surface area contributed by atoms with Crippen molar-refractivity contribution in [3.8, 4) is 5.75 Å². The second kappa shape index (κ2) is 7.04. The fraction of sp³-hybridized carbons (Fsp3) is 0.278. The molecule has 0 aliphatic carbocycles. The van der Waals surface area contributed by atoms with Crippen molar-refractivity contribution in [3.63, 3.8) is 0 Å². The van der Waals surface area contributed by atoms with Gasteiger partial charge in [-0.25, -0.2) is 4.99 Å². The van der Waals surface area contributed by atoms with Crippen LogP contribution in [-0.4, -0.2) is 19.1 Å². The van der Waals surface area contributed by atoms with Crippen LogP contribution in [0.4, 0.5) is 18.9 Å². The van der Waals surface area contributed by atoms with Gasteiger partial charge in [0.05, 0.1) is 18.2 Å². The summed E-state index contributed by atoms with van der Waals surface area (Å²) in [5.74, 6) is 1.19. The molecule has 0 amide bonds. The Hall–Kier alpha value is -2.70. The van der Waals surface area contributed by atoms with Crippen LogP contribution in [0.25, 0.3) is 0 Å². The molecule has 1 heterocycles. The number of halogens is 3. The lowest BCUT2D eigenvalue weighted by Gasteiger charge is -2.28. The van der Waals surface area contributed by atoms with Crippen LogP contribution >= 0.6 is 0 Å². The molecule has 2 aromatic carbocycles. The van der Waals surface area contributed by atoms with Crippen molar-refractivity contribution in [2.24, 2.45) is 4.99 Å². The largest absolute Gasteiger partial charge is 0.492 e. The summed E-state index contributed by atoms with van der Waals surface area (Å²) in [5, 5.41) is 6.05. The van der Waals surface area contributed by atoms with Crippen LogP contribution in [-0.2, 0) is 6.18 Å². The van der Waals surface area contributed by atoms with Crippen molar-refractivity contribution in [2.45, 2.75) is 19.1 Å². The smallest absolute Gasteiger partial charge is 0.416 e. The number of para-hydroxylation sites is 1. The normalized spacial score (nSPS) is 18.2. The SMILES string of the molecule is CC1NC(=NCCOc2ccccc2)Nc2cc(C(F)(F)F)ccc21. The molecule has 2 aromatic rings. The van der Waals surface area contributed by atoms with E-state index in [2.05, 4.69) is 15.6 Å². The zero-order valence-electron chi connectivity index (χ0n) is 13.6. The minimum atomic E-state index is -4.37. The molecule has 3 rings (SSSR count). The Bertz CT molecular complexity index is 760. The molecule has 1 aliphatic rings. The van der Waals surface area contributed by atoms with E-state index >= 15 is 0 Å². The minimum Gasteiger partial charge on any atom is -0.492 e. The highest BCUT2D eigenvalue weighted by Gasteiger charge is 2.32. The van der Waals surface area contributed by atoms with Crippen LogP contribution in [0.2, 0.25) is 0 Å². The maximum Gasteiger partial charge on any atom is 0.416 e. The summed E-state index contributed by atoms with van der Waals surface area (Å²) in [5.41, 5.74) is 0.510. The van der Waals surface area contributed by atoms with E-state index in [0.717, 1.165) is 23.4 Å². The molecule has 0 aromatic heterocycles. The van der Waals surface area contributed by atoms with E-state index in [-0.39, 0.29) is 6.04 Å². The quantitative estimate of drug-likeness (QED) is 0.813. The first-order valence-electron chi connectivity index (χ1n) is 7.90. The van der Waals surface area contributed by atoms with Crippen molar-refractivity contribution in [1.82, 2.24) is 5.32 Å². The van der Waals surface area contributed by atoms with Gasteiger partial charge in [0.25, 0.3) is 0 Å². The van der Waals surface area contributed by atoms with Gasteiger partial charge >= 0.3 is 6.18 Å². The molecule has 1 aliphatic heterocycles. The van der Waals surface area contributed by atoms with Gasteiger partial charge in [-0.05, 0) is 36.8 Å². The van der Waals surface area contributed by atoms with Crippen molar-refractivity contribution >= 4 is 11.6 Å². The Labute approximate surface area is 143 Å². The van der Waals surface area contributed by atoms with Crippen molar-refractivity contribution in [3.05, 3.63) is 59.7 Å². The van der Waals surface area contributed by atoms with Gasteiger partial charge in [-0.3, -0.25) is 0 Å². The predicted molar refractivity (Wildman–Crippen MR) is 90.9 cm³/mol. The third-order valence-corrected chi connectivity index (χ3v) is 3.83. The Morgan fingerprint density at radius 3 is 2.60 bits per heavy atom. The first kappa shape index (κ1) is 17.1. The van der Waals surface area contributed by atoms with Gasteiger partial charge in [-0.2, -0.15) is 13.2 Å². The second-order valence-electron chi connectivity index (χ2n) is 5.68. The van der Waals surface area contributed by atoms with Gasteiger partial charge < -0.3 is 15.4 Å². The lowest BCUT2D eigenvalue weighted by atomic mass is 10.0. The summed E-state index contributed by atoms with van der Waals surface area (Å²) in [6.07, 6.45) is -4.37. The maximum atomic E-state index is 12.9. The van der Waals surface area contributed by atoms with Crippen LogP contribution < -0.4 is 15.4 Å². The number of benzene rings is 2. The van der Waals surface area contributed by atoms with Gasteiger partial charge in [0.2, 0.25) is 0 Å². The Balaban J connectivity index is 1.65. The van der Waals surface area contributed by atoms with Gasteiger partial charge in [-0.1, -0.05) is 24.3 Å². The lowest BCUT2D eigenvalue weighted by Crippen LogP contribution is -2.38. The molecule has 132 valence electrons.